The Kier molecular flexibility index (Phi) is 3.63. The summed E-state index contributed by atoms with van der Waals surface area (Å²) in [5.41, 5.74) is 4.61. The first-order valence-corrected chi connectivity index (χ1v) is 7.38. The maximum atomic E-state index is 12.2. The van der Waals surface area contributed by atoms with E-state index in [2.05, 4.69) is 38.0 Å². The molecule has 1 aliphatic rings. The number of carbonyl (C=O) groups excluding carboxylic acids is 1. The molecule has 0 radical (unpaired) electrons. The van der Waals surface area contributed by atoms with Crippen molar-refractivity contribution >= 4 is 29.6 Å². The zero-order chi connectivity index (χ0) is 15.7. The normalized spacial score (nSPS) is 15.0. The summed E-state index contributed by atoms with van der Waals surface area (Å²) in [4.78, 5) is 12.2. The average molecular weight is 291 g/mol. The Bertz CT molecular complexity index is 773. The van der Waals surface area contributed by atoms with Crippen molar-refractivity contribution in [1.82, 2.24) is 0 Å². The molecule has 0 saturated carbocycles. The summed E-state index contributed by atoms with van der Waals surface area (Å²) < 4.78 is 1.72. The first-order chi connectivity index (χ1) is 10.6. The molecule has 22 heavy (non-hydrogen) atoms. The lowest BCUT2D eigenvalue weighted by Crippen LogP contribution is -2.05. The first-order valence-electron chi connectivity index (χ1n) is 7.38. The van der Waals surface area contributed by atoms with Gasteiger partial charge in [0.25, 0.3) is 5.91 Å². The zero-order valence-electron chi connectivity index (χ0n) is 12.8. The Hall–Kier alpha value is -2.68. The minimum Gasteiger partial charge on any atom is -0.321 e. The van der Waals surface area contributed by atoms with Gasteiger partial charge in [0.15, 0.2) is 6.20 Å². The van der Waals surface area contributed by atoms with Gasteiger partial charge >= 0.3 is 0 Å². The van der Waals surface area contributed by atoms with Crippen molar-refractivity contribution in [3.63, 3.8) is 0 Å². The molecule has 3 nitrogen and oxygen atoms in total. The summed E-state index contributed by atoms with van der Waals surface area (Å²) in [6.07, 6.45) is 1.78. The van der Waals surface area contributed by atoms with Gasteiger partial charge in [-0.25, -0.2) is 0 Å². The minimum absolute atomic E-state index is 0.0829. The van der Waals surface area contributed by atoms with Crippen LogP contribution >= 0.6 is 0 Å². The lowest BCUT2D eigenvalue weighted by atomic mass is 9.99. The van der Waals surface area contributed by atoms with Gasteiger partial charge in [0.2, 0.25) is 5.69 Å². The standard InChI is InChI=1S/C19H18N2O/c1-13(2)14-9-10-16-17(19(22)20-18(16)11-14)12-21(3)15-7-5-4-6-8-15/h4-13H,3H2,1-2H3/p+1. The molecule has 0 aliphatic carbocycles. The molecule has 0 fully saturated rings. The van der Waals surface area contributed by atoms with Crippen LogP contribution < -0.4 is 5.32 Å². The third kappa shape index (κ3) is 2.58. The summed E-state index contributed by atoms with van der Waals surface area (Å²) in [6.45, 7) is 8.28. The van der Waals surface area contributed by atoms with Crippen LogP contribution in [0.5, 0.6) is 0 Å². The van der Waals surface area contributed by atoms with E-state index in [1.54, 1.807) is 10.8 Å². The van der Waals surface area contributed by atoms with Crippen molar-refractivity contribution in [2.24, 2.45) is 0 Å². The second kappa shape index (κ2) is 5.60. The van der Waals surface area contributed by atoms with Gasteiger partial charge in [-0.1, -0.05) is 44.2 Å². The quantitative estimate of drug-likeness (QED) is 0.514. The van der Waals surface area contributed by atoms with E-state index < -0.39 is 0 Å². The van der Waals surface area contributed by atoms with Crippen LogP contribution in [0.3, 0.4) is 0 Å². The topological polar surface area (TPSA) is 32.1 Å². The zero-order valence-corrected chi connectivity index (χ0v) is 12.8. The molecule has 2 aromatic carbocycles. The third-order valence-electron chi connectivity index (χ3n) is 3.87. The van der Waals surface area contributed by atoms with Crippen molar-refractivity contribution in [1.29, 1.82) is 0 Å². The highest BCUT2D eigenvalue weighted by molar-refractivity contribution is 6.31. The highest BCUT2D eigenvalue weighted by Crippen LogP contribution is 2.34. The predicted octanol–water partition coefficient (Wildman–Crippen LogP) is 4.15. The van der Waals surface area contributed by atoms with E-state index in [0.29, 0.717) is 11.5 Å². The molecule has 1 N–H and O–H groups in total. The number of para-hydroxylation sites is 1. The highest BCUT2D eigenvalue weighted by Gasteiger charge is 2.27. The molecule has 3 heteroatoms. The largest absolute Gasteiger partial charge is 0.321 e. The van der Waals surface area contributed by atoms with Crippen LogP contribution in [0.25, 0.3) is 5.57 Å². The van der Waals surface area contributed by atoms with Crippen LogP contribution in [0.4, 0.5) is 11.4 Å². The SMILES string of the molecule is C=[N+](C=C1C(=O)Nc2cc(C(C)C)ccc21)c1ccccc1. The summed E-state index contributed by atoms with van der Waals surface area (Å²) in [5.74, 6) is 0.351. The molecule has 1 heterocycles. The monoisotopic (exact) mass is 291 g/mol. The van der Waals surface area contributed by atoms with Crippen LogP contribution in [0.15, 0.2) is 54.7 Å². The molecule has 0 saturated heterocycles. The molecule has 0 atom stereocenters. The maximum absolute atomic E-state index is 12.2. The predicted molar refractivity (Wildman–Crippen MR) is 90.6 cm³/mol. The Morgan fingerprint density at radius 2 is 1.86 bits per heavy atom. The number of nitrogens with one attached hydrogen (secondary N) is 1. The molecule has 110 valence electrons. The Morgan fingerprint density at radius 3 is 2.55 bits per heavy atom. The van der Waals surface area contributed by atoms with Crippen LogP contribution in [-0.4, -0.2) is 17.2 Å². The lowest BCUT2D eigenvalue weighted by molar-refractivity contribution is -0.348. The van der Waals surface area contributed by atoms with E-state index in [4.69, 9.17) is 0 Å². The highest BCUT2D eigenvalue weighted by atomic mass is 16.2. The van der Waals surface area contributed by atoms with Gasteiger partial charge in [0.05, 0.1) is 0 Å². The fourth-order valence-electron chi connectivity index (χ4n) is 2.55. The van der Waals surface area contributed by atoms with Crippen molar-refractivity contribution < 1.29 is 9.37 Å². The number of hydrogen-bond acceptors (Lipinski definition) is 1. The molecule has 0 aromatic heterocycles. The third-order valence-corrected chi connectivity index (χ3v) is 3.87. The summed E-state index contributed by atoms with van der Waals surface area (Å²) in [5, 5.41) is 2.94. The van der Waals surface area contributed by atoms with Crippen LogP contribution in [0.2, 0.25) is 0 Å². The van der Waals surface area contributed by atoms with E-state index in [1.165, 1.54) is 5.56 Å². The van der Waals surface area contributed by atoms with E-state index in [9.17, 15) is 4.79 Å². The van der Waals surface area contributed by atoms with Gasteiger partial charge in [0, 0.05) is 23.4 Å². The summed E-state index contributed by atoms with van der Waals surface area (Å²) >= 11 is 0. The van der Waals surface area contributed by atoms with E-state index in [-0.39, 0.29) is 5.91 Å². The second-order valence-electron chi connectivity index (χ2n) is 5.76. The van der Waals surface area contributed by atoms with Crippen LogP contribution in [0.1, 0.15) is 30.9 Å². The van der Waals surface area contributed by atoms with Gasteiger partial charge in [-0.15, -0.1) is 0 Å². The Morgan fingerprint density at radius 1 is 1.14 bits per heavy atom. The molecule has 0 bridgehead atoms. The summed E-state index contributed by atoms with van der Waals surface area (Å²) in [7, 11) is 0. The molecule has 3 rings (SSSR count). The smallest absolute Gasteiger partial charge is 0.262 e. The van der Waals surface area contributed by atoms with Gasteiger partial charge in [-0.2, -0.15) is 4.58 Å². The minimum atomic E-state index is -0.0829. The number of carbonyl (C=O) groups is 1. The van der Waals surface area contributed by atoms with Crippen molar-refractivity contribution in [2.45, 2.75) is 19.8 Å². The van der Waals surface area contributed by atoms with E-state index in [0.717, 1.165) is 16.9 Å². The second-order valence-corrected chi connectivity index (χ2v) is 5.76. The molecular formula is C19H19N2O+. The van der Waals surface area contributed by atoms with Crippen molar-refractivity contribution in [3.05, 3.63) is 65.9 Å². The average Bonchev–Trinajstić information content (AvgIpc) is 2.83. The van der Waals surface area contributed by atoms with Crippen LogP contribution in [0, 0.1) is 0 Å². The first kappa shape index (κ1) is 14.3. The van der Waals surface area contributed by atoms with Gasteiger partial charge in [-0.05, 0) is 17.5 Å². The van der Waals surface area contributed by atoms with Crippen LogP contribution in [-0.2, 0) is 4.79 Å². The molecule has 0 unspecified atom stereocenters. The lowest BCUT2D eigenvalue weighted by Gasteiger charge is -2.07. The van der Waals surface area contributed by atoms with Gasteiger partial charge in [-0.3, -0.25) is 4.79 Å². The molecule has 1 amide bonds. The number of amides is 1. The molecule has 0 spiro atoms. The van der Waals surface area contributed by atoms with Crippen molar-refractivity contribution in [3.8, 4) is 0 Å². The fourth-order valence-corrected chi connectivity index (χ4v) is 2.55. The Balaban J connectivity index is 1.98. The number of anilines is 1. The molecular weight excluding hydrogens is 272 g/mol. The van der Waals surface area contributed by atoms with Crippen molar-refractivity contribution in [2.75, 3.05) is 5.32 Å². The fraction of sp³-hybridized carbons (Fsp3) is 0.158. The van der Waals surface area contributed by atoms with Gasteiger partial charge < -0.3 is 5.32 Å². The van der Waals surface area contributed by atoms with Gasteiger partial charge in [0.1, 0.15) is 12.3 Å². The number of fused-ring (bicyclic) bond motifs is 1. The Labute approximate surface area is 130 Å². The number of nitrogens with zero attached hydrogens (tertiary/aromatic N) is 1. The number of hydrogen-bond donors (Lipinski definition) is 1. The number of benzene rings is 2. The number of rotatable bonds is 3. The van der Waals surface area contributed by atoms with E-state index in [1.807, 2.05) is 36.4 Å². The maximum Gasteiger partial charge on any atom is 0.262 e. The molecule has 1 aliphatic heterocycles. The summed E-state index contributed by atoms with van der Waals surface area (Å²) in [6, 6.07) is 15.9. The van der Waals surface area contributed by atoms with E-state index >= 15 is 0 Å². The molecule has 2 aromatic rings.